The number of non-ortho nitro benzene ring substituents is 1. The molecule has 0 N–H and O–H groups in total. The predicted molar refractivity (Wildman–Crippen MR) is 101 cm³/mol. The molecule has 0 amide bonds. The fraction of sp³-hybridized carbons (Fsp3) is 0.111. The monoisotopic (exact) mass is 404 g/mol. The number of hydrogen-bond acceptors (Lipinski definition) is 7. The van der Waals surface area contributed by atoms with Crippen LogP contribution in [0.3, 0.4) is 0 Å². The molecule has 1 heterocycles. The number of carbonyl (C=O) groups is 1. The molecule has 0 saturated carbocycles. The van der Waals surface area contributed by atoms with Gasteiger partial charge in [0, 0.05) is 23.1 Å². The van der Waals surface area contributed by atoms with Gasteiger partial charge in [-0.05, 0) is 18.2 Å². The van der Waals surface area contributed by atoms with Crippen LogP contribution in [0.2, 0.25) is 5.02 Å². The molecule has 138 valence electrons. The van der Waals surface area contributed by atoms with Gasteiger partial charge in [-0.25, -0.2) is 9.78 Å². The van der Waals surface area contributed by atoms with E-state index in [-0.39, 0.29) is 22.9 Å². The van der Waals surface area contributed by atoms with Crippen LogP contribution in [0.1, 0.15) is 16.1 Å². The zero-order valence-electron chi connectivity index (χ0n) is 14.0. The van der Waals surface area contributed by atoms with Gasteiger partial charge in [-0.1, -0.05) is 23.7 Å². The van der Waals surface area contributed by atoms with E-state index in [1.807, 2.05) is 24.3 Å². The zero-order valence-corrected chi connectivity index (χ0v) is 15.6. The molecule has 0 saturated heterocycles. The normalized spacial score (nSPS) is 10.4. The molecular formula is C18H13ClN2O5S. The van der Waals surface area contributed by atoms with Gasteiger partial charge in [-0.2, -0.15) is 0 Å². The lowest BCUT2D eigenvalue weighted by Crippen LogP contribution is -2.07. The highest BCUT2D eigenvalue weighted by Crippen LogP contribution is 2.27. The molecule has 0 aliphatic rings. The van der Waals surface area contributed by atoms with Crippen molar-refractivity contribution in [2.24, 2.45) is 0 Å². The van der Waals surface area contributed by atoms with Crippen LogP contribution in [0.4, 0.5) is 5.69 Å². The van der Waals surface area contributed by atoms with Crippen molar-refractivity contribution in [2.75, 3.05) is 7.11 Å². The van der Waals surface area contributed by atoms with Crippen molar-refractivity contribution in [3.05, 3.63) is 74.2 Å². The number of methoxy groups -OCH3 is 1. The van der Waals surface area contributed by atoms with E-state index in [0.29, 0.717) is 5.69 Å². The highest BCUT2D eigenvalue weighted by molar-refractivity contribution is 7.13. The van der Waals surface area contributed by atoms with Gasteiger partial charge >= 0.3 is 5.97 Å². The third-order valence-corrected chi connectivity index (χ3v) is 4.87. The molecule has 0 aliphatic heterocycles. The van der Waals surface area contributed by atoms with Gasteiger partial charge in [0.25, 0.3) is 5.69 Å². The van der Waals surface area contributed by atoms with Gasteiger partial charge in [0.15, 0.2) is 0 Å². The van der Waals surface area contributed by atoms with Crippen molar-refractivity contribution in [2.45, 2.75) is 6.61 Å². The number of rotatable bonds is 6. The van der Waals surface area contributed by atoms with Crippen molar-refractivity contribution in [3.8, 4) is 16.3 Å². The first-order valence-corrected chi connectivity index (χ1v) is 8.93. The first-order chi connectivity index (χ1) is 13.0. The molecule has 0 radical (unpaired) electrons. The van der Waals surface area contributed by atoms with Gasteiger partial charge in [-0.15, -0.1) is 11.3 Å². The summed E-state index contributed by atoms with van der Waals surface area (Å²) >= 11 is 7.35. The second-order valence-electron chi connectivity index (χ2n) is 5.37. The number of hydrogen-bond donors (Lipinski definition) is 0. The Bertz CT molecular complexity index is 1000. The van der Waals surface area contributed by atoms with E-state index in [1.165, 1.54) is 23.5 Å². The van der Waals surface area contributed by atoms with Gasteiger partial charge in [0.1, 0.15) is 17.4 Å². The van der Waals surface area contributed by atoms with E-state index in [4.69, 9.17) is 21.1 Å². The fourth-order valence-electron chi connectivity index (χ4n) is 2.26. The van der Waals surface area contributed by atoms with Gasteiger partial charge in [-0.3, -0.25) is 10.1 Å². The average Bonchev–Trinajstić information content (AvgIpc) is 3.15. The molecule has 0 fully saturated rings. The summed E-state index contributed by atoms with van der Waals surface area (Å²) in [6, 6.07) is 11.1. The largest absolute Gasteiger partial charge is 0.497 e. The number of nitro benzene ring substituents is 1. The summed E-state index contributed by atoms with van der Waals surface area (Å²) in [7, 11) is 1.59. The quantitative estimate of drug-likeness (QED) is 0.335. The van der Waals surface area contributed by atoms with Gasteiger partial charge in [0.2, 0.25) is 0 Å². The second-order valence-corrected chi connectivity index (χ2v) is 6.64. The van der Waals surface area contributed by atoms with Crippen LogP contribution < -0.4 is 4.74 Å². The Balaban J connectivity index is 1.70. The smallest absolute Gasteiger partial charge is 0.340 e. The minimum atomic E-state index is -0.750. The van der Waals surface area contributed by atoms with E-state index in [9.17, 15) is 14.9 Å². The summed E-state index contributed by atoms with van der Waals surface area (Å²) < 4.78 is 10.4. The number of ether oxygens (including phenoxy) is 2. The number of carbonyl (C=O) groups excluding carboxylic acids is 1. The van der Waals surface area contributed by atoms with E-state index >= 15 is 0 Å². The van der Waals surface area contributed by atoms with E-state index in [1.54, 1.807) is 12.5 Å². The molecular weight excluding hydrogens is 392 g/mol. The van der Waals surface area contributed by atoms with Crippen molar-refractivity contribution >= 4 is 34.6 Å². The number of aromatic nitrogens is 1. The molecule has 2 aromatic carbocycles. The molecule has 1 aromatic heterocycles. The minimum Gasteiger partial charge on any atom is -0.497 e. The summed E-state index contributed by atoms with van der Waals surface area (Å²) in [5, 5.41) is 13.5. The maximum atomic E-state index is 12.2. The number of nitrogens with zero attached hydrogens (tertiary/aromatic N) is 2. The van der Waals surface area contributed by atoms with Crippen LogP contribution in [0.5, 0.6) is 5.75 Å². The third kappa shape index (κ3) is 4.42. The maximum absolute atomic E-state index is 12.2. The Morgan fingerprint density at radius 1 is 1.30 bits per heavy atom. The standard InChI is InChI=1S/C18H13ClN2O5S/c1-25-14-4-2-3-11(7-14)17-20-12(10-27-17)9-26-18(22)15-8-13(21(23)24)5-6-16(15)19/h2-8,10H,9H2,1H3. The lowest BCUT2D eigenvalue weighted by Gasteiger charge is -2.05. The number of nitro groups is 1. The van der Waals surface area contributed by atoms with E-state index in [2.05, 4.69) is 4.98 Å². The first-order valence-electron chi connectivity index (χ1n) is 7.68. The van der Waals surface area contributed by atoms with Crippen LogP contribution >= 0.6 is 22.9 Å². The van der Waals surface area contributed by atoms with E-state index < -0.39 is 10.9 Å². The molecule has 0 unspecified atom stereocenters. The predicted octanol–water partition coefficient (Wildman–Crippen LogP) is 4.74. The summed E-state index contributed by atoms with van der Waals surface area (Å²) in [5.74, 6) is -0.0318. The van der Waals surface area contributed by atoms with Crippen molar-refractivity contribution in [1.82, 2.24) is 4.98 Å². The molecule has 3 rings (SSSR count). The van der Waals surface area contributed by atoms with Crippen molar-refractivity contribution in [3.63, 3.8) is 0 Å². The summed E-state index contributed by atoms with van der Waals surface area (Å²) in [4.78, 5) is 26.9. The first kappa shape index (κ1) is 18.8. The van der Waals surface area contributed by atoms with Gasteiger partial charge < -0.3 is 9.47 Å². The maximum Gasteiger partial charge on any atom is 0.340 e. The molecule has 0 atom stereocenters. The SMILES string of the molecule is COc1cccc(-c2nc(COC(=O)c3cc([N+](=O)[O-])ccc3Cl)cs2)c1. The fourth-order valence-corrected chi connectivity index (χ4v) is 3.26. The summed E-state index contributed by atoms with van der Waals surface area (Å²) in [6.07, 6.45) is 0. The summed E-state index contributed by atoms with van der Waals surface area (Å²) in [5.41, 5.74) is 1.15. The number of benzene rings is 2. The molecule has 9 heteroatoms. The average molecular weight is 405 g/mol. The molecule has 3 aromatic rings. The third-order valence-electron chi connectivity index (χ3n) is 3.60. The Morgan fingerprint density at radius 3 is 2.85 bits per heavy atom. The molecule has 7 nitrogen and oxygen atoms in total. The molecule has 0 bridgehead atoms. The second kappa shape index (κ2) is 8.15. The lowest BCUT2D eigenvalue weighted by atomic mass is 10.2. The Hall–Kier alpha value is -2.97. The Labute approximate surface area is 163 Å². The van der Waals surface area contributed by atoms with Crippen LogP contribution in [-0.2, 0) is 11.3 Å². The molecule has 27 heavy (non-hydrogen) atoms. The zero-order chi connectivity index (χ0) is 19.4. The highest BCUT2D eigenvalue weighted by Gasteiger charge is 2.17. The Kier molecular flexibility index (Phi) is 5.68. The summed E-state index contributed by atoms with van der Waals surface area (Å²) in [6.45, 7) is -0.0711. The lowest BCUT2D eigenvalue weighted by molar-refractivity contribution is -0.384. The minimum absolute atomic E-state index is 0.0610. The molecule has 0 spiro atoms. The van der Waals surface area contributed by atoms with E-state index in [0.717, 1.165) is 22.4 Å². The molecule has 0 aliphatic carbocycles. The van der Waals surface area contributed by atoms with Gasteiger partial charge in [0.05, 0.1) is 28.3 Å². The van der Waals surface area contributed by atoms with Crippen molar-refractivity contribution in [1.29, 1.82) is 0 Å². The van der Waals surface area contributed by atoms with Crippen molar-refractivity contribution < 1.29 is 19.2 Å². The Morgan fingerprint density at radius 2 is 2.11 bits per heavy atom. The topological polar surface area (TPSA) is 91.6 Å². The van der Waals surface area contributed by atoms with Crippen LogP contribution in [0.15, 0.2) is 47.8 Å². The number of halogens is 1. The van der Waals surface area contributed by atoms with Crippen LogP contribution in [0.25, 0.3) is 10.6 Å². The highest BCUT2D eigenvalue weighted by atomic mass is 35.5. The van der Waals surface area contributed by atoms with Crippen LogP contribution in [0, 0.1) is 10.1 Å². The van der Waals surface area contributed by atoms with Crippen LogP contribution in [-0.4, -0.2) is 23.0 Å². The number of esters is 1. The number of thiazole rings is 1.